The molecule has 24 heavy (non-hydrogen) atoms. The van der Waals surface area contributed by atoms with Crippen LogP contribution in [0.1, 0.15) is 5.56 Å². The maximum absolute atomic E-state index is 12.7. The smallest absolute Gasteiger partial charge is 0.307 e. The Labute approximate surface area is 133 Å². The van der Waals surface area contributed by atoms with Gasteiger partial charge in [-0.15, -0.1) is 0 Å². The van der Waals surface area contributed by atoms with Gasteiger partial charge in [0.1, 0.15) is 22.5 Å². The third kappa shape index (κ3) is 2.24. The van der Waals surface area contributed by atoms with Crippen LogP contribution in [0.15, 0.2) is 27.4 Å². The average Bonchev–Trinajstić information content (AvgIpc) is 2.50. The molecular formula is C16H12O8. The number of carboxylic acid groups (broad SMARTS) is 1. The molecule has 0 aliphatic rings. The lowest BCUT2D eigenvalue weighted by atomic mass is 10.0. The number of aliphatic carboxylic acids is 1. The van der Waals surface area contributed by atoms with Gasteiger partial charge >= 0.3 is 5.97 Å². The van der Waals surface area contributed by atoms with Crippen molar-refractivity contribution in [3.63, 3.8) is 0 Å². The van der Waals surface area contributed by atoms with Gasteiger partial charge in [0.25, 0.3) is 0 Å². The van der Waals surface area contributed by atoms with Crippen LogP contribution < -0.4 is 10.2 Å². The zero-order chi connectivity index (χ0) is 17.6. The largest absolute Gasteiger partial charge is 0.507 e. The molecule has 4 N–H and O–H groups in total. The van der Waals surface area contributed by atoms with Crippen LogP contribution in [0.3, 0.4) is 0 Å². The number of phenols is 3. The van der Waals surface area contributed by atoms with E-state index in [2.05, 4.69) is 0 Å². The van der Waals surface area contributed by atoms with Crippen LogP contribution in [0, 0.1) is 0 Å². The molecule has 0 radical (unpaired) electrons. The summed E-state index contributed by atoms with van der Waals surface area (Å²) >= 11 is 0. The van der Waals surface area contributed by atoms with Gasteiger partial charge in [-0.25, -0.2) is 0 Å². The summed E-state index contributed by atoms with van der Waals surface area (Å²) in [7, 11) is 1.36. The highest BCUT2D eigenvalue weighted by molar-refractivity contribution is 5.99. The SMILES string of the molecule is COc1cc(O)c2c(=O)c3c(CC(=O)O)cc(O)c(O)c3oc2c1. The minimum Gasteiger partial charge on any atom is -0.507 e. The molecule has 0 fully saturated rings. The van der Waals surface area contributed by atoms with E-state index >= 15 is 0 Å². The molecule has 124 valence electrons. The molecule has 0 atom stereocenters. The molecule has 0 bridgehead atoms. The number of carboxylic acids is 1. The van der Waals surface area contributed by atoms with E-state index in [1.807, 2.05) is 0 Å². The van der Waals surface area contributed by atoms with Crippen molar-refractivity contribution in [3.05, 3.63) is 34.0 Å². The number of carbonyl (C=O) groups is 1. The Hall–Kier alpha value is -3.42. The van der Waals surface area contributed by atoms with E-state index in [9.17, 15) is 24.9 Å². The van der Waals surface area contributed by atoms with Crippen LogP contribution >= 0.6 is 0 Å². The molecule has 0 saturated heterocycles. The van der Waals surface area contributed by atoms with Crippen LogP contribution in [0.4, 0.5) is 0 Å². The number of aromatic hydroxyl groups is 3. The van der Waals surface area contributed by atoms with Gasteiger partial charge in [0.05, 0.1) is 18.9 Å². The monoisotopic (exact) mass is 332 g/mol. The molecule has 1 heterocycles. The number of hydrogen-bond donors (Lipinski definition) is 4. The molecule has 8 nitrogen and oxygen atoms in total. The number of rotatable bonds is 3. The van der Waals surface area contributed by atoms with Gasteiger partial charge in [0.2, 0.25) is 11.2 Å². The Morgan fingerprint density at radius 1 is 1.12 bits per heavy atom. The van der Waals surface area contributed by atoms with Crippen molar-refractivity contribution in [1.82, 2.24) is 0 Å². The molecule has 2 aromatic carbocycles. The molecule has 3 aromatic rings. The quantitative estimate of drug-likeness (QED) is 0.420. The predicted molar refractivity (Wildman–Crippen MR) is 82.9 cm³/mol. The molecule has 0 unspecified atom stereocenters. The van der Waals surface area contributed by atoms with E-state index < -0.39 is 35.1 Å². The fraction of sp³-hybridized carbons (Fsp3) is 0.125. The van der Waals surface area contributed by atoms with Crippen LogP contribution in [0.5, 0.6) is 23.0 Å². The fourth-order valence-electron chi connectivity index (χ4n) is 2.57. The van der Waals surface area contributed by atoms with E-state index in [1.54, 1.807) is 0 Å². The third-order valence-corrected chi connectivity index (χ3v) is 3.62. The minimum atomic E-state index is -1.24. The second kappa shape index (κ2) is 5.34. The molecule has 8 heteroatoms. The van der Waals surface area contributed by atoms with Gasteiger partial charge in [0.15, 0.2) is 11.3 Å². The minimum absolute atomic E-state index is 0.0429. The Bertz CT molecular complexity index is 1050. The van der Waals surface area contributed by atoms with Crippen molar-refractivity contribution < 1.29 is 34.4 Å². The predicted octanol–water partition coefficient (Wildman–Crippen LogP) is 1.70. The third-order valence-electron chi connectivity index (χ3n) is 3.62. The lowest BCUT2D eigenvalue weighted by molar-refractivity contribution is -0.136. The lowest BCUT2D eigenvalue weighted by Crippen LogP contribution is -2.09. The van der Waals surface area contributed by atoms with Crippen molar-refractivity contribution in [2.75, 3.05) is 7.11 Å². The zero-order valence-corrected chi connectivity index (χ0v) is 12.4. The lowest BCUT2D eigenvalue weighted by Gasteiger charge is -2.10. The summed E-state index contributed by atoms with van der Waals surface area (Å²) in [6.45, 7) is 0. The molecule has 1 aromatic heterocycles. The topological polar surface area (TPSA) is 137 Å². The Morgan fingerprint density at radius 3 is 2.46 bits per heavy atom. The normalized spacial score (nSPS) is 11.0. The Balaban J connectivity index is 2.54. The van der Waals surface area contributed by atoms with Gasteiger partial charge in [-0.2, -0.15) is 0 Å². The van der Waals surface area contributed by atoms with Crippen LogP contribution in [0.2, 0.25) is 0 Å². The zero-order valence-electron chi connectivity index (χ0n) is 12.4. The summed E-state index contributed by atoms with van der Waals surface area (Å²) in [5, 5.41) is 38.3. The standard InChI is InChI=1S/C16H12O8/c1-23-7-4-8(17)13-10(5-7)24-16-12(15(13)22)6(3-11(19)20)2-9(18)14(16)21/h2,4-5,17-18,21H,3H2,1H3,(H,19,20). The summed E-state index contributed by atoms with van der Waals surface area (Å²) in [4.78, 5) is 23.7. The van der Waals surface area contributed by atoms with E-state index in [4.69, 9.17) is 14.3 Å². The maximum atomic E-state index is 12.7. The summed E-state index contributed by atoms with van der Waals surface area (Å²) in [6.07, 6.45) is -0.572. The summed E-state index contributed by atoms with van der Waals surface area (Å²) in [6, 6.07) is 3.52. The van der Waals surface area contributed by atoms with Crippen molar-refractivity contribution in [3.8, 4) is 23.0 Å². The number of phenolic OH excluding ortho intramolecular Hbond substituents is 3. The summed E-state index contributed by atoms with van der Waals surface area (Å²) in [5.74, 6) is -2.74. The number of benzene rings is 2. The van der Waals surface area contributed by atoms with E-state index in [0.717, 1.165) is 6.07 Å². The highest BCUT2D eigenvalue weighted by atomic mass is 16.5. The van der Waals surface area contributed by atoms with Gasteiger partial charge in [0, 0.05) is 12.1 Å². The Kier molecular flexibility index (Phi) is 3.44. The first kappa shape index (κ1) is 15.5. The maximum Gasteiger partial charge on any atom is 0.307 e. The molecule has 0 spiro atoms. The van der Waals surface area contributed by atoms with Crippen molar-refractivity contribution in [2.24, 2.45) is 0 Å². The Morgan fingerprint density at radius 2 is 1.83 bits per heavy atom. The first-order valence-corrected chi connectivity index (χ1v) is 6.76. The van der Waals surface area contributed by atoms with Crippen LogP contribution in [-0.4, -0.2) is 33.5 Å². The molecule has 0 saturated carbocycles. The molecule has 3 rings (SSSR count). The van der Waals surface area contributed by atoms with Crippen LogP contribution in [-0.2, 0) is 11.2 Å². The molecule has 0 amide bonds. The molecular weight excluding hydrogens is 320 g/mol. The van der Waals surface area contributed by atoms with Crippen LogP contribution in [0.25, 0.3) is 21.9 Å². The van der Waals surface area contributed by atoms with Crippen molar-refractivity contribution in [1.29, 1.82) is 0 Å². The van der Waals surface area contributed by atoms with Gasteiger partial charge in [-0.05, 0) is 11.6 Å². The second-order valence-corrected chi connectivity index (χ2v) is 5.13. The van der Waals surface area contributed by atoms with E-state index in [0.29, 0.717) is 0 Å². The number of fused-ring (bicyclic) bond motifs is 2. The first-order valence-electron chi connectivity index (χ1n) is 6.76. The number of ether oxygens (including phenoxy) is 1. The summed E-state index contributed by atoms with van der Waals surface area (Å²) < 4.78 is 10.4. The highest BCUT2D eigenvalue weighted by Gasteiger charge is 2.21. The van der Waals surface area contributed by atoms with E-state index in [1.165, 1.54) is 19.2 Å². The van der Waals surface area contributed by atoms with E-state index in [-0.39, 0.29) is 33.3 Å². The highest BCUT2D eigenvalue weighted by Crippen LogP contribution is 2.38. The number of hydrogen-bond acceptors (Lipinski definition) is 7. The van der Waals surface area contributed by atoms with Gasteiger partial charge in [-0.3, -0.25) is 9.59 Å². The van der Waals surface area contributed by atoms with Gasteiger partial charge in [-0.1, -0.05) is 0 Å². The van der Waals surface area contributed by atoms with Crippen molar-refractivity contribution in [2.45, 2.75) is 6.42 Å². The molecule has 0 aliphatic carbocycles. The van der Waals surface area contributed by atoms with Gasteiger partial charge < -0.3 is 29.6 Å². The number of methoxy groups -OCH3 is 1. The average molecular weight is 332 g/mol. The molecule has 0 aliphatic heterocycles. The van der Waals surface area contributed by atoms with Crippen molar-refractivity contribution >= 4 is 27.9 Å². The summed E-state index contributed by atoms with van der Waals surface area (Å²) in [5.41, 5.74) is -1.21. The first-order chi connectivity index (χ1) is 11.3. The fourth-order valence-corrected chi connectivity index (χ4v) is 2.57. The second-order valence-electron chi connectivity index (χ2n) is 5.13.